The normalized spacial score (nSPS) is 14.3. The van der Waals surface area contributed by atoms with E-state index in [1.54, 1.807) is 0 Å². The molecule has 40 heavy (non-hydrogen) atoms. The van der Waals surface area contributed by atoms with Crippen LogP contribution in [0, 0.1) is 5.41 Å². The Morgan fingerprint density at radius 1 is 0.975 bits per heavy atom. The Hall–Kier alpha value is -4.07. The van der Waals surface area contributed by atoms with Crippen molar-refractivity contribution in [1.29, 1.82) is 0 Å². The van der Waals surface area contributed by atoms with E-state index in [0.717, 1.165) is 71.6 Å². The number of benzene rings is 3. The first-order chi connectivity index (χ1) is 19.5. The molecule has 3 aromatic carbocycles. The fourth-order valence-corrected chi connectivity index (χ4v) is 5.83. The number of unbranched alkanes of at least 4 members (excludes halogenated alkanes) is 1. The molecule has 208 valence electrons. The van der Waals surface area contributed by atoms with Crippen molar-refractivity contribution in [2.75, 3.05) is 13.2 Å². The second-order valence-corrected chi connectivity index (χ2v) is 10.7. The Morgan fingerprint density at radius 3 is 2.45 bits per heavy atom. The Morgan fingerprint density at radius 2 is 1.73 bits per heavy atom. The predicted molar refractivity (Wildman–Crippen MR) is 155 cm³/mol. The second kappa shape index (κ2) is 12.4. The fraction of sp³-hybridized carbons (Fsp3) is 0.406. The van der Waals surface area contributed by atoms with E-state index in [9.17, 15) is 9.59 Å². The molecule has 0 spiro atoms. The minimum absolute atomic E-state index is 0.103. The van der Waals surface area contributed by atoms with Crippen LogP contribution in [0.3, 0.4) is 0 Å². The van der Waals surface area contributed by atoms with Crippen LogP contribution in [0.25, 0.3) is 33.3 Å². The van der Waals surface area contributed by atoms with Crippen LogP contribution in [0.4, 0.5) is 0 Å². The third kappa shape index (κ3) is 5.91. The SMILES string of the molecule is CCCCC(=O)N(Cc1ccc2cc(-c3ccccc3-c3nn[nH]n3)ccc2c1)CC1(C(=O)OCC)CCCC1. The largest absolute Gasteiger partial charge is 0.466 e. The molecule has 4 aromatic rings. The van der Waals surface area contributed by atoms with Crippen molar-refractivity contribution in [2.45, 2.75) is 65.3 Å². The van der Waals surface area contributed by atoms with Crippen LogP contribution in [-0.2, 0) is 20.9 Å². The number of carbonyl (C=O) groups is 2. The molecule has 0 bridgehead atoms. The molecule has 1 heterocycles. The van der Waals surface area contributed by atoms with Crippen LogP contribution in [0.15, 0.2) is 60.7 Å². The van der Waals surface area contributed by atoms with Gasteiger partial charge < -0.3 is 9.64 Å². The lowest BCUT2D eigenvalue weighted by atomic mass is 9.85. The monoisotopic (exact) mass is 539 g/mol. The van der Waals surface area contributed by atoms with Gasteiger partial charge in [-0.25, -0.2) is 0 Å². The highest BCUT2D eigenvalue weighted by Gasteiger charge is 2.44. The molecule has 1 aliphatic carbocycles. The highest BCUT2D eigenvalue weighted by molar-refractivity contribution is 5.91. The quantitative estimate of drug-likeness (QED) is 0.224. The molecular formula is C32H37N5O3. The molecule has 0 radical (unpaired) electrons. The lowest BCUT2D eigenvalue weighted by molar-refractivity contribution is -0.157. The molecule has 1 N–H and O–H groups in total. The average Bonchev–Trinajstić information content (AvgIpc) is 3.69. The van der Waals surface area contributed by atoms with E-state index in [0.29, 0.717) is 31.9 Å². The van der Waals surface area contributed by atoms with Crippen LogP contribution in [0.5, 0.6) is 0 Å². The molecule has 1 saturated carbocycles. The van der Waals surface area contributed by atoms with Crippen molar-refractivity contribution in [3.8, 4) is 22.5 Å². The molecule has 0 unspecified atom stereocenters. The van der Waals surface area contributed by atoms with Gasteiger partial charge >= 0.3 is 5.97 Å². The van der Waals surface area contributed by atoms with Gasteiger partial charge in [0.25, 0.3) is 0 Å². The Kier molecular flexibility index (Phi) is 8.53. The molecule has 1 amide bonds. The van der Waals surface area contributed by atoms with Crippen LogP contribution in [-0.4, -0.2) is 50.6 Å². The van der Waals surface area contributed by atoms with Crippen molar-refractivity contribution in [3.63, 3.8) is 0 Å². The van der Waals surface area contributed by atoms with Crippen LogP contribution >= 0.6 is 0 Å². The van der Waals surface area contributed by atoms with Gasteiger partial charge in [-0.05, 0) is 71.0 Å². The van der Waals surface area contributed by atoms with Crippen molar-refractivity contribution >= 4 is 22.6 Å². The molecule has 5 rings (SSSR count). The molecule has 1 aliphatic rings. The van der Waals surface area contributed by atoms with Crippen molar-refractivity contribution in [1.82, 2.24) is 25.5 Å². The van der Waals surface area contributed by atoms with Gasteiger partial charge in [0.05, 0.1) is 12.0 Å². The summed E-state index contributed by atoms with van der Waals surface area (Å²) in [5.41, 5.74) is 3.46. The first-order valence-electron chi connectivity index (χ1n) is 14.3. The van der Waals surface area contributed by atoms with E-state index in [2.05, 4.69) is 70.0 Å². The third-order valence-corrected chi connectivity index (χ3v) is 7.96. The lowest BCUT2D eigenvalue weighted by Crippen LogP contribution is -2.44. The van der Waals surface area contributed by atoms with Gasteiger partial charge in [0.2, 0.25) is 11.7 Å². The maximum Gasteiger partial charge on any atom is 0.313 e. The number of hydrogen-bond donors (Lipinski definition) is 1. The number of tetrazole rings is 1. The maximum absolute atomic E-state index is 13.4. The predicted octanol–water partition coefficient (Wildman–Crippen LogP) is 6.33. The van der Waals surface area contributed by atoms with Crippen LogP contribution in [0.1, 0.15) is 64.4 Å². The number of esters is 1. The molecule has 8 nitrogen and oxygen atoms in total. The van der Waals surface area contributed by atoms with Crippen LogP contribution < -0.4 is 0 Å². The van der Waals surface area contributed by atoms with Gasteiger partial charge in [0.15, 0.2) is 0 Å². The Bertz CT molecular complexity index is 1460. The summed E-state index contributed by atoms with van der Waals surface area (Å²) in [7, 11) is 0. The summed E-state index contributed by atoms with van der Waals surface area (Å²) in [4.78, 5) is 28.3. The summed E-state index contributed by atoms with van der Waals surface area (Å²) in [5, 5.41) is 16.8. The minimum Gasteiger partial charge on any atom is -0.466 e. The number of ether oxygens (including phenoxy) is 1. The number of aromatic nitrogens is 4. The molecule has 0 aliphatic heterocycles. The number of fused-ring (bicyclic) bond motifs is 1. The molecular weight excluding hydrogens is 502 g/mol. The molecule has 1 aromatic heterocycles. The zero-order chi connectivity index (χ0) is 28.0. The summed E-state index contributed by atoms with van der Waals surface area (Å²) in [5.74, 6) is 0.501. The standard InChI is InChI=1S/C32H37N5O3/c1-3-5-12-29(38)37(22-32(17-8-9-18-32)31(39)40-4-2)21-23-13-14-25-20-26(16-15-24(25)19-23)27-10-6-7-11-28(27)30-33-35-36-34-30/h6-7,10-11,13-16,19-20H,3-5,8-9,12,17-18,21-22H2,1-2H3,(H,33,34,35,36). The Labute approximate surface area is 235 Å². The third-order valence-electron chi connectivity index (χ3n) is 7.96. The van der Waals surface area contributed by atoms with E-state index in [1.807, 2.05) is 30.0 Å². The van der Waals surface area contributed by atoms with Crippen LogP contribution in [0.2, 0.25) is 0 Å². The number of rotatable bonds is 11. The number of carbonyl (C=O) groups excluding carboxylic acids is 2. The molecule has 0 saturated heterocycles. The average molecular weight is 540 g/mol. The summed E-state index contributed by atoms with van der Waals surface area (Å²) in [6.45, 7) is 5.18. The first kappa shape index (κ1) is 27.5. The van der Waals surface area contributed by atoms with E-state index >= 15 is 0 Å². The number of hydrogen-bond acceptors (Lipinski definition) is 6. The molecule has 0 atom stereocenters. The fourth-order valence-electron chi connectivity index (χ4n) is 5.83. The van der Waals surface area contributed by atoms with Gasteiger partial charge in [-0.1, -0.05) is 74.7 Å². The summed E-state index contributed by atoms with van der Waals surface area (Å²) in [6.07, 6.45) is 5.81. The number of amides is 1. The lowest BCUT2D eigenvalue weighted by Gasteiger charge is -2.34. The Balaban J connectivity index is 1.41. The van der Waals surface area contributed by atoms with Gasteiger partial charge in [-0.2, -0.15) is 5.21 Å². The topological polar surface area (TPSA) is 101 Å². The maximum atomic E-state index is 13.4. The zero-order valence-corrected chi connectivity index (χ0v) is 23.4. The van der Waals surface area contributed by atoms with Gasteiger partial charge in [0, 0.05) is 25.1 Å². The van der Waals surface area contributed by atoms with Gasteiger partial charge in [-0.15, -0.1) is 10.2 Å². The van der Waals surface area contributed by atoms with E-state index in [4.69, 9.17) is 4.74 Å². The van der Waals surface area contributed by atoms with E-state index in [1.165, 1.54) is 0 Å². The smallest absolute Gasteiger partial charge is 0.313 e. The number of H-pyrrole nitrogens is 1. The van der Waals surface area contributed by atoms with E-state index in [-0.39, 0.29) is 11.9 Å². The van der Waals surface area contributed by atoms with Crippen molar-refractivity contribution in [3.05, 3.63) is 66.2 Å². The first-order valence-corrected chi connectivity index (χ1v) is 14.3. The van der Waals surface area contributed by atoms with E-state index < -0.39 is 5.41 Å². The summed E-state index contributed by atoms with van der Waals surface area (Å²) < 4.78 is 5.49. The summed E-state index contributed by atoms with van der Waals surface area (Å²) >= 11 is 0. The minimum atomic E-state index is -0.601. The molecule has 8 heteroatoms. The van der Waals surface area contributed by atoms with Gasteiger partial charge in [0.1, 0.15) is 0 Å². The number of aromatic amines is 1. The second-order valence-electron chi connectivity index (χ2n) is 10.7. The number of nitrogens with zero attached hydrogens (tertiary/aromatic N) is 4. The summed E-state index contributed by atoms with van der Waals surface area (Å²) in [6, 6.07) is 20.7. The highest BCUT2D eigenvalue weighted by Crippen LogP contribution is 2.41. The number of nitrogens with one attached hydrogen (secondary N) is 1. The molecule has 1 fully saturated rings. The van der Waals surface area contributed by atoms with Crippen molar-refractivity contribution < 1.29 is 14.3 Å². The zero-order valence-electron chi connectivity index (χ0n) is 23.4. The van der Waals surface area contributed by atoms with Gasteiger partial charge in [-0.3, -0.25) is 9.59 Å². The highest BCUT2D eigenvalue weighted by atomic mass is 16.5. The van der Waals surface area contributed by atoms with Crippen molar-refractivity contribution in [2.24, 2.45) is 5.41 Å².